The molecule has 2 fully saturated rings. The maximum Gasteiger partial charge on any atom is 0.315 e. The summed E-state index contributed by atoms with van der Waals surface area (Å²) < 4.78 is 6.65. The molecule has 4 heteroatoms. The van der Waals surface area contributed by atoms with Crippen molar-refractivity contribution in [3.8, 4) is 5.75 Å². The maximum atomic E-state index is 12.4. The van der Waals surface area contributed by atoms with Gasteiger partial charge in [-0.3, -0.25) is 9.28 Å². The lowest BCUT2D eigenvalue weighted by Crippen LogP contribution is -2.69. The van der Waals surface area contributed by atoms with Crippen molar-refractivity contribution in [2.75, 3.05) is 20.3 Å². The average molecular weight is 373 g/mol. The largest absolute Gasteiger partial charge is 0.508 e. The van der Waals surface area contributed by atoms with Crippen LogP contribution in [0.2, 0.25) is 0 Å². The molecule has 1 aromatic rings. The number of likely N-dealkylation sites (tertiary alicyclic amines) is 1. The Morgan fingerprint density at radius 2 is 2.07 bits per heavy atom. The Morgan fingerprint density at radius 1 is 1.30 bits per heavy atom. The number of likely N-dealkylation sites (N-methyl/N-ethyl adjacent to an activating group) is 1. The first-order valence-electron chi connectivity index (χ1n) is 10.5. The van der Waals surface area contributed by atoms with Crippen molar-refractivity contribution < 1.29 is 19.1 Å². The Morgan fingerprint density at radius 3 is 2.81 bits per heavy atom. The summed E-state index contributed by atoms with van der Waals surface area (Å²) in [6, 6.07) is 6.49. The van der Waals surface area contributed by atoms with Crippen LogP contribution in [0.5, 0.6) is 5.75 Å². The van der Waals surface area contributed by atoms with Crippen LogP contribution in [0.4, 0.5) is 0 Å². The van der Waals surface area contributed by atoms with E-state index in [0.717, 1.165) is 23.9 Å². The summed E-state index contributed by atoms with van der Waals surface area (Å²) in [5.41, 5.74) is 2.55. The van der Waals surface area contributed by atoms with Gasteiger partial charge in [0.25, 0.3) is 0 Å². The minimum Gasteiger partial charge on any atom is -0.508 e. The van der Waals surface area contributed by atoms with E-state index in [4.69, 9.17) is 4.74 Å². The third-order valence-electron chi connectivity index (χ3n) is 7.59. The second-order valence-electron chi connectivity index (χ2n) is 10.4. The number of nitrogens with zero attached hydrogens (tertiary/aromatic N) is 1. The Bertz CT molecular complexity index is 752. The van der Waals surface area contributed by atoms with Crippen molar-refractivity contribution in [3.63, 3.8) is 0 Å². The Balaban J connectivity index is 1.67. The molecule has 4 nitrogen and oxygen atoms in total. The highest BCUT2D eigenvalue weighted by Crippen LogP contribution is 2.57. The van der Waals surface area contributed by atoms with Gasteiger partial charge >= 0.3 is 5.97 Å². The number of fused-ring (bicyclic) bond motifs is 1. The van der Waals surface area contributed by atoms with Gasteiger partial charge in [-0.1, -0.05) is 18.9 Å². The molecule has 1 saturated heterocycles. The van der Waals surface area contributed by atoms with Crippen molar-refractivity contribution in [3.05, 3.63) is 29.3 Å². The number of rotatable bonds is 2. The summed E-state index contributed by atoms with van der Waals surface area (Å²) in [6.07, 6.45) is 7.19. The van der Waals surface area contributed by atoms with Gasteiger partial charge in [0.05, 0.1) is 25.0 Å². The van der Waals surface area contributed by atoms with Crippen LogP contribution in [0, 0.1) is 11.3 Å². The number of aromatic hydroxyl groups is 1. The molecule has 1 aliphatic heterocycles. The monoisotopic (exact) mass is 372 g/mol. The number of esters is 1. The molecular weight excluding hydrogens is 338 g/mol. The smallest absolute Gasteiger partial charge is 0.315 e. The van der Waals surface area contributed by atoms with E-state index in [1.807, 2.05) is 32.9 Å². The molecule has 148 valence electrons. The third kappa shape index (κ3) is 2.97. The van der Waals surface area contributed by atoms with Crippen molar-refractivity contribution in [1.82, 2.24) is 0 Å². The van der Waals surface area contributed by atoms with Crippen molar-refractivity contribution in [1.29, 1.82) is 0 Å². The molecule has 0 radical (unpaired) electrons. The Labute approximate surface area is 163 Å². The SMILES string of the molecule is CC(C)(C)C(=O)OC[N@+]1(C)CC[C@]23CCCC[C@H]2[C@H]1Cc1ccc(O)cc13. The van der Waals surface area contributed by atoms with E-state index in [-0.39, 0.29) is 11.4 Å². The number of phenolic OH excluding ortho intramolecular Hbond substituents is 1. The van der Waals surface area contributed by atoms with Gasteiger partial charge < -0.3 is 9.84 Å². The molecule has 3 aliphatic rings. The van der Waals surface area contributed by atoms with Gasteiger partial charge in [0, 0.05) is 24.2 Å². The number of hydrogen-bond donors (Lipinski definition) is 1. The summed E-state index contributed by atoms with van der Waals surface area (Å²) in [5.74, 6) is 0.906. The van der Waals surface area contributed by atoms with E-state index in [0.29, 0.717) is 24.4 Å². The van der Waals surface area contributed by atoms with E-state index < -0.39 is 5.41 Å². The number of piperidine rings is 1. The number of ether oxygens (including phenoxy) is 1. The fourth-order valence-corrected chi connectivity index (χ4v) is 6.04. The predicted octanol–water partition coefficient (Wildman–Crippen LogP) is 4.14. The Kier molecular flexibility index (Phi) is 4.34. The molecule has 1 N–H and O–H groups in total. The normalized spacial score (nSPS) is 35.1. The van der Waals surface area contributed by atoms with Crippen LogP contribution < -0.4 is 0 Å². The fourth-order valence-electron chi connectivity index (χ4n) is 6.04. The van der Waals surface area contributed by atoms with Crippen molar-refractivity contribution >= 4 is 5.97 Å². The van der Waals surface area contributed by atoms with Crippen LogP contribution in [-0.4, -0.2) is 41.9 Å². The van der Waals surface area contributed by atoms with Gasteiger partial charge in [0.2, 0.25) is 6.73 Å². The molecule has 27 heavy (non-hydrogen) atoms. The topological polar surface area (TPSA) is 46.5 Å². The van der Waals surface area contributed by atoms with Crippen molar-refractivity contribution in [2.45, 2.75) is 70.8 Å². The number of carbonyl (C=O) groups is 1. The van der Waals surface area contributed by atoms with Gasteiger partial charge in [-0.15, -0.1) is 0 Å². The first-order chi connectivity index (χ1) is 12.7. The third-order valence-corrected chi connectivity index (χ3v) is 7.59. The highest BCUT2D eigenvalue weighted by Gasteiger charge is 2.59. The molecule has 0 unspecified atom stereocenters. The quantitative estimate of drug-likeness (QED) is 0.627. The summed E-state index contributed by atoms with van der Waals surface area (Å²) in [5, 5.41) is 10.1. The second-order valence-corrected chi connectivity index (χ2v) is 10.4. The van der Waals surface area contributed by atoms with Crippen LogP contribution in [0.15, 0.2) is 18.2 Å². The maximum absolute atomic E-state index is 12.4. The molecule has 1 saturated carbocycles. The lowest BCUT2D eigenvalue weighted by molar-refractivity contribution is -0.959. The van der Waals surface area contributed by atoms with Crippen LogP contribution in [-0.2, 0) is 21.4 Å². The highest BCUT2D eigenvalue weighted by atomic mass is 16.5. The molecule has 2 aliphatic carbocycles. The molecule has 4 atom stereocenters. The van der Waals surface area contributed by atoms with Gasteiger partial charge in [0.1, 0.15) is 5.75 Å². The van der Waals surface area contributed by atoms with Gasteiger partial charge in [0.15, 0.2) is 0 Å². The summed E-state index contributed by atoms with van der Waals surface area (Å²) in [7, 11) is 2.28. The summed E-state index contributed by atoms with van der Waals surface area (Å²) in [4.78, 5) is 12.4. The molecule has 1 aromatic carbocycles. The summed E-state index contributed by atoms with van der Waals surface area (Å²) in [6.45, 7) is 7.26. The molecule has 1 heterocycles. The number of carbonyl (C=O) groups excluding carboxylic acids is 1. The number of phenols is 1. The molecule has 0 spiro atoms. The zero-order valence-corrected chi connectivity index (χ0v) is 17.3. The second kappa shape index (κ2) is 6.23. The molecule has 4 rings (SSSR count). The van der Waals surface area contributed by atoms with E-state index in [2.05, 4.69) is 13.1 Å². The van der Waals surface area contributed by atoms with Gasteiger partial charge in [-0.05, 0) is 56.9 Å². The van der Waals surface area contributed by atoms with Gasteiger partial charge in [-0.2, -0.15) is 0 Å². The minimum atomic E-state index is -0.458. The van der Waals surface area contributed by atoms with E-state index in [1.165, 1.54) is 36.8 Å². The van der Waals surface area contributed by atoms with Crippen molar-refractivity contribution in [2.24, 2.45) is 11.3 Å². The lowest BCUT2D eigenvalue weighted by atomic mass is 9.52. The standard InChI is InChI=1S/C23H33NO3/c1-22(2,3)21(26)27-15-24(4)12-11-23-10-6-5-7-18(23)20(24)13-16-8-9-17(25)14-19(16)23/h8-9,14,18,20H,5-7,10-13,15H2,1-4H3/p+1/t18-,20+,23+,24-/m0/s1. The van der Waals surface area contributed by atoms with Gasteiger partial charge in [-0.25, -0.2) is 0 Å². The molecule has 2 bridgehead atoms. The number of hydrogen-bond acceptors (Lipinski definition) is 3. The average Bonchev–Trinajstić information content (AvgIpc) is 2.62. The first kappa shape index (κ1) is 18.8. The number of benzene rings is 1. The molecular formula is C23H34NO3+. The predicted molar refractivity (Wildman–Crippen MR) is 105 cm³/mol. The molecule has 0 aromatic heterocycles. The minimum absolute atomic E-state index is 0.108. The Hall–Kier alpha value is -1.55. The van der Waals surface area contributed by atoms with E-state index in [9.17, 15) is 9.90 Å². The number of quaternary nitrogens is 1. The molecule has 0 amide bonds. The fraction of sp³-hybridized carbons (Fsp3) is 0.696. The van der Waals surface area contributed by atoms with E-state index >= 15 is 0 Å². The summed E-state index contributed by atoms with van der Waals surface area (Å²) >= 11 is 0. The van der Waals surface area contributed by atoms with Crippen LogP contribution in [0.25, 0.3) is 0 Å². The van der Waals surface area contributed by atoms with Crippen LogP contribution >= 0.6 is 0 Å². The zero-order chi connectivity index (χ0) is 19.4. The first-order valence-corrected chi connectivity index (χ1v) is 10.5. The lowest BCUT2D eigenvalue weighted by Gasteiger charge is -2.61. The highest BCUT2D eigenvalue weighted by molar-refractivity contribution is 5.75. The van der Waals surface area contributed by atoms with Crippen LogP contribution in [0.1, 0.15) is 64.0 Å². The van der Waals surface area contributed by atoms with Crippen LogP contribution in [0.3, 0.4) is 0 Å². The van der Waals surface area contributed by atoms with E-state index in [1.54, 1.807) is 0 Å². The zero-order valence-electron chi connectivity index (χ0n) is 17.3.